The maximum atomic E-state index is 12.6. The van der Waals surface area contributed by atoms with E-state index in [4.69, 9.17) is 4.42 Å². The van der Waals surface area contributed by atoms with E-state index < -0.39 is 0 Å². The van der Waals surface area contributed by atoms with Crippen LogP contribution in [0.2, 0.25) is 0 Å². The number of rotatable bonds is 3. The zero-order valence-electron chi connectivity index (χ0n) is 15.4. The van der Waals surface area contributed by atoms with Crippen molar-refractivity contribution in [2.45, 2.75) is 39.2 Å². The number of benzene rings is 1. The van der Waals surface area contributed by atoms with Crippen molar-refractivity contribution >= 4 is 5.91 Å². The predicted octanol–water partition coefficient (Wildman–Crippen LogP) is 3.32. The molecular formula is C20H27N3O2. The molecule has 0 N–H and O–H groups in total. The third kappa shape index (κ3) is 4.48. The molecule has 1 aliphatic rings. The minimum absolute atomic E-state index is 0.0249. The van der Waals surface area contributed by atoms with Crippen LogP contribution in [0, 0.1) is 0 Å². The Bertz CT molecular complexity index is 703. The first kappa shape index (κ1) is 17.7. The van der Waals surface area contributed by atoms with Crippen LogP contribution < -0.4 is 0 Å². The molecule has 0 atom stereocenters. The molecule has 5 heteroatoms. The standard InChI is InChI=1S/C20H27N3O2/c1-20(2,3)17-14-21-18(25-17)15-22-10-7-11-23(13-12-22)19(24)16-8-5-4-6-9-16/h4-6,8-9,14H,7,10-13,15H2,1-3H3. The lowest BCUT2D eigenvalue weighted by Crippen LogP contribution is -2.35. The van der Waals surface area contributed by atoms with E-state index in [1.165, 1.54) is 0 Å². The number of hydrogen-bond acceptors (Lipinski definition) is 4. The Hall–Kier alpha value is -2.14. The molecule has 1 aromatic carbocycles. The van der Waals surface area contributed by atoms with Crippen LogP contribution >= 0.6 is 0 Å². The second-order valence-corrected chi connectivity index (χ2v) is 7.66. The lowest BCUT2D eigenvalue weighted by Gasteiger charge is -2.21. The van der Waals surface area contributed by atoms with E-state index >= 15 is 0 Å². The van der Waals surface area contributed by atoms with Crippen molar-refractivity contribution in [3.05, 3.63) is 53.7 Å². The highest BCUT2D eigenvalue weighted by Crippen LogP contribution is 2.23. The minimum atomic E-state index is -0.0249. The fraction of sp³-hybridized carbons (Fsp3) is 0.500. The first-order valence-electron chi connectivity index (χ1n) is 8.95. The highest BCUT2D eigenvalue weighted by Gasteiger charge is 2.23. The lowest BCUT2D eigenvalue weighted by molar-refractivity contribution is 0.0760. The van der Waals surface area contributed by atoms with E-state index in [9.17, 15) is 4.79 Å². The molecule has 0 unspecified atom stereocenters. The van der Waals surface area contributed by atoms with Gasteiger partial charge >= 0.3 is 0 Å². The SMILES string of the molecule is CC(C)(C)c1cnc(CN2CCCN(C(=O)c3ccccc3)CC2)o1. The Morgan fingerprint density at radius 2 is 1.88 bits per heavy atom. The average Bonchev–Trinajstić information content (AvgIpc) is 2.94. The zero-order chi connectivity index (χ0) is 17.9. The van der Waals surface area contributed by atoms with Gasteiger partial charge in [0.2, 0.25) is 5.89 Å². The molecule has 2 heterocycles. The Labute approximate surface area is 149 Å². The summed E-state index contributed by atoms with van der Waals surface area (Å²) in [6, 6.07) is 9.51. The maximum Gasteiger partial charge on any atom is 0.253 e. The van der Waals surface area contributed by atoms with E-state index in [-0.39, 0.29) is 11.3 Å². The Morgan fingerprint density at radius 3 is 2.56 bits per heavy atom. The molecule has 134 valence electrons. The number of carbonyl (C=O) groups is 1. The van der Waals surface area contributed by atoms with Gasteiger partial charge in [-0.25, -0.2) is 4.98 Å². The number of amides is 1. The highest BCUT2D eigenvalue weighted by molar-refractivity contribution is 5.94. The Balaban J connectivity index is 1.58. The van der Waals surface area contributed by atoms with Crippen LogP contribution in [0.5, 0.6) is 0 Å². The summed E-state index contributed by atoms with van der Waals surface area (Å²) in [5.74, 6) is 1.79. The molecule has 1 aliphatic heterocycles. The van der Waals surface area contributed by atoms with Gasteiger partial charge in [-0.3, -0.25) is 9.69 Å². The summed E-state index contributed by atoms with van der Waals surface area (Å²) < 4.78 is 5.90. The van der Waals surface area contributed by atoms with Crippen molar-refractivity contribution in [3.8, 4) is 0 Å². The van der Waals surface area contributed by atoms with Crippen molar-refractivity contribution in [2.75, 3.05) is 26.2 Å². The molecule has 1 amide bonds. The quantitative estimate of drug-likeness (QED) is 0.859. The molecule has 0 saturated carbocycles. The molecule has 0 spiro atoms. The van der Waals surface area contributed by atoms with Crippen LogP contribution in [0.3, 0.4) is 0 Å². The van der Waals surface area contributed by atoms with Crippen LogP contribution in [-0.4, -0.2) is 46.9 Å². The fourth-order valence-corrected chi connectivity index (χ4v) is 3.02. The van der Waals surface area contributed by atoms with Crippen molar-refractivity contribution in [1.82, 2.24) is 14.8 Å². The highest BCUT2D eigenvalue weighted by atomic mass is 16.4. The molecule has 2 aromatic rings. The average molecular weight is 341 g/mol. The van der Waals surface area contributed by atoms with Gasteiger partial charge in [-0.1, -0.05) is 39.0 Å². The molecule has 5 nitrogen and oxygen atoms in total. The van der Waals surface area contributed by atoms with Gasteiger partial charge in [0, 0.05) is 37.2 Å². The number of hydrogen-bond donors (Lipinski definition) is 0. The molecule has 3 rings (SSSR count). The first-order chi connectivity index (χ1) is 11.9. The summed E-state index contributed by atoms with van der Waals surface area (Å²) in [5, 5.41) is 0. The van der Waals surface area contributed by atoms with E-state index in [2.05, 4.69) is 30.7 Å². The molecule has 1 fully saturated rings. The second kappa shape index (κ2) is 7.40. The van der Waals surface area contributed by atoms with E-state index in [0.717, 1.165) is 49.8 Å². The van der Waals surface area contributed by atoms with Gasteiger partial charge in [0.25, 0.3) is 5.91 Å². The number of aromatic nitrogens is 1. The van der Waals surface area contributed by atoms with Gasteiger partial charge in [-0.05, 0) is 18.6 Å². The number of carbonyl (C=O) groups excluding carboxylic acids is 1. The smallest absolute Gasteiger partial charge is 0.253 e. The van der Waals surface area contributed by atoms with Gasteiger partial charge in [0.1, 0.15) is 5.76 Å². The lowest BCUT2D eigenvalue weighted by atomic mass is 9.94. The topological polar surface area (TPSA) is 49.6 Å². The van der Waals surface area contributed by atoms with E-state index in [1.807, 2.05) is 41.4 Å². The molecule has 0 bridgehead atoms. The fourth-order valence-electron chi connectivity index (χ4n) is 3.02. The summed E-state index contributed by atoms with van der Waals surface area (Å²) in [7, 11) is 0. The van der Waals surface area contributed by atoms with Crippen molar-refractivity contribution < 1.29 is 9.21 Å². The van der Waals surface area contributed by atoms with Crippen molar-refractivity contribution in [1.29, 1.82) is 0 Å². The summed E-state index contributed by atoms with van der Waals surface area (Å²) >= 11 is 0. The van der Waals surface area contributed by atoms with Crippen LogP contribution in [0.1, 0.15) is 49.2 Å². The van der Waals surface area contributed by atoms with Gasteiger partial charge in [-0.2, -0.15) is 0 Å². The molecule has 1 aromatic heterocycles. The van der Waals surface area contributed by atoms with Gasteiger partial charge < -0.3 is 9.32 Å². The minimum Gasteiger partial charge on any atom is -0.444 e. The third-order valence-electron chi connectivity index (χ3n) is 4.55. The first-order valence-corrected chi connectivity index (χ1v) is 8.95. The number of oxazole rings is 1. The molecule has 25 heavy (non-hydrogen) atoms. The van der Waals surface area contributed by atoms with Crippen LogP contribution in [0.15, 0.2) is 40.9 Å². The van der Waals surface area contributed by atoms with Gasteiger partial charge in [-0.15, -0.1) is 0 Å². The molecular weight excluding hydrogens is 314 g/mol. The van der Waals surface area contributed by atoms with E-state index in [1.54, 1.807) is 0 Å². The van der Waals surface area contributed by atoms with Crippen LogP contribution in [-0.2, 0) is 12.0 Å². The van der Waals surface area contributed by atoms with E-state index in [0.29, 0.717) is 6.54 Å². The van der Waals surface area contributed by atoms with Crippen LogP contribution in [0.25, 0.3) is 0 Å². The normalized spacial score (nSPS) is 16.7. The third-order valence-corrected chi connectivity index (χ3v) is 4.55. The van der Waals surface area contributed by atoms with Crippen molar-refractivity contribution in [3.63, 3.8) is 0 Å². The molecule has 0 radical (unpaired) electrons. The van der Waals surface area contributed by atoms with Gasteiger partial charge in [0.15, 0.2) is 0 Å². The summed E-state index contributed by atoms with van der Waals surface area (Å²) in [6.07, 6.45) is 2.80. The largest absolute Gasteiger partial charge is 0.444 e. The monoisotopic (exact) mass is 341 g/mol. The summed E-state index contributed by atoms with van der Waals surface area (Å²) in [4.78, 5) is 21.3. The van der Waals surface area contributed by atoms with Crippen LogP contribution in [0.4, 0.5) is 0 Å². The zero-order valence-corrected chi connectivity index (χ0v) is 15.4. The maximum absolute atomic E-state index is 12.6. The molecule has 0 aliphatic carbocycles. The van der Waals surface area contributed by atoms with Gasteiger partial charge in [0.05, 0.1) is 12.7 Å². The predicted molar refractivity (Wildman–Crippen MR) is 97.4 cm³/mol. The number of nitrogens with zero attached hydrogens (tertiary/aromatic N) is 3. The van der Waals surface area contributed by atoms with Crippen molar-refractivity contribution in [2.24, 2.45) is 0 Å². The summed E-state index contributed by atoms with van der Waals surface area (Å²) in [6.45, 7) is 10.4. The Morgan fingerprint density at radius 1 is 1.12 bits per heavy atom. The summed E-state index contributed by atoms with van der Waals surface area (Å²) in [5.41, 5.74) is 0.738. The molecule has 1 saturated heterocycles. The second-order valence-electron chi connectivity index (χ2n) is 7.66. The Kier molecular flexibility index (Phi) is 5.23.